The van der Waals surface area contributed by atoms with Crippen LogP contribution in [0.3, 0.4) is 0 Å². The lowest BCUT2D eigenvalue weighted by atomic mass is 9.90. The van der Waals surface area contributed by atoms with E-state index in [1.807, 2.05) is 44.2 Å². The number of anilines is 1. The minimum absolute atomic E-state index is 0.0939. The molecule has 2 N–H and O–H groups in total. The predicted molar refractivity (Wildman–Crippen MR) is 99.1 cm³/mol. The van der Waals surface area contributed by atoms with Crippen LogP contribution in [-0.4, -0.2) is 52.0 Å². The van der Waals surface area contributed by atoms with Gasteiger partial charge in [-0.05, 0) is 19.4 Å². The molecule has 6 nitrogen and oxygen atoms in total. The first-order valence-electron chi connectivity index (χ1n) is 8.37. The second kappa shape index (κ2) is 7.15. The van der Waals surface area contributed by atoms with Gasteiger partial charge in [-0.3, -0.25) is 9.69 Å². The Labute approximate surface area is 152 Å². The highest BCUT2D eigenvalue weighted by molar-refractivity contribution is 6.32. The van der Waals surface area contributed by atoms with Gasteiger partial charge in [-0.2, -0.15) is 5.10 Å². The van der Waals surface area contributed by atoms with Crippen LogP contribution in [0.1, 0.15) is 25.5 Å². The zero-order chi connectivity index (χ0) is 18.0. The molecule has 1 aliphatic heterocycles. The number of aliphatic hydroxyl groups is 1. The fourth-order valence-electron chi connectivity index (χ4n) is 3.52. The molecule has 25 heavy (non-hydrogen) atoms. The molecule has 0 radical (unpaired) electrons. The fraction of sp³-hybridized carbons (Fsp3) is 0.444. The van der Waals surface area contributed by atoms with Crippen molar-refractivity contribution in [3.05, 3.63) is 57.5 Å². The average molecular weight is 363 g/mol. The number of piperazine rings is 1. The summed E-state index contributed by atoms with van der Waals surface area (Å²) in [7, 11) is 0. The Bertz CT molecular complexity index is 765. The number of nitrogens with one attached hydrogen (secondary N) is 1. The maximum absolute atomic E-state index is 11.7. The van der Waals surface area contributed by atoms with Gasteiger partial charge in [0.2, 0.25) is 0 Å². The number of H-pyrrole nitrogens is 1. The monoisotopic (exact) mass is 362 g/mol. The van der Waals surface area contributed by atoms with E-state index in [0.29, 0.717) is 18.8 Å². The third-order valence-electron chi connectivity index (χ3n) is 4.58. The van der Waals surface area contributed by atoms with E-state index < -0.39 is 5.60 Å². The Morgan fingerprint density at radius 2 is 1.84 bits per heavy atom. The standard InChI is InChI=1S/C18H23ClN4O2/c1-18(2,25)16(13-6-4-3-5-7-13)23-10-8-22(9-11-23)14-12-20-21-17(24)15(14)19/h3-7,12,16,25H,8-11H2,1-2H3,(H,21,24). The van der Waals surface area contributed by atoms with Gasteiger partial charge in [-0.15, -0.1) is 0 Å². The van der Waals surface area contributed by atoms with Gasteiger partial charge in [0, 0.05) is 26.2 Å². The summed E-state index contributed by atoms with van der Waals surface area (Å²) < 4.78 is 0. The van der Waals surface area contributed by atoms with Gasteiger partial charge < -0.3 is 10.0 Å². The van der Waals surface area contributed by atoms with Crippen molar-refractivity contribution in [2.45, 2.75) is 25.5 Å². The minimum atomic E-state index is -0.868. The Hall–Kier alpha value is -1.89. The van der Waals surface area contributed by atoms with Crippen LogP contribution in [0.2, 0.25) is 5.02 Å². The van der Waals surface area contributed by atoms with Crippen LogP contribution in [0, 0.1) is 0 Å². The molecule has 1 unspecified atom stereocenters. The third kappa shape index (κ3) is 3.86. The molecule has 0 aliphatic carbocycles. The van der Waals surface area contributed by atoms with Crippen molar-refractivity contribution in [1.29, 1.82) is 0 Å². The lowest BCUT2D eigenvalue weighted by Gasteiger charge is -2.44. The van der Waals surface area contributed by atoms with E-state index in [1.54, 1.807) is 6.20 Å². The van der Waals surface area contributed by atoms with E-state index in [-0.39, 0.29) is 16.6 Å². The van der Waals surface area contributed by atoms with E-state index in [2.05, 4.69) is 20.0 Å². The lowest BCUT2D eigenvalue weighted by molar-refractivity contribution is -0.0236. The molecule has 0 bridgehead atoms. The van der Waals surface area contributed by atoms with E-state index in [4.69, 9.17) is 11.6 Å². The predicted octanol–water partition coefficient (Wildman–Crippen LogP) is 2.06. The zero-order valence-electron chi connectivity index (χ0n) is 14.4. The number of halogens is 1. The molecule has 1 atom stereocenters. The molecule has 1 aliphatic rings. The summed E-state index contributed by atoms with van der Waals surface area (Å²) in [6, 6.07) is 9.96. The van der Waals surface area contributed by atoms with Crippen LogP contribution in [0.4, 0.5) is 5.69 Å². The average Bonchev–Trinajstić information content (AvgIpc) is 2.58. The van der Waals surface area contributed by atoms with Gasteiger partial charge in [0.15, 0.2) is 0 Å². The molecule has 1 aromatic carbocycles. The van der Waals surface area contributed by atoms with Crippen molar-refractivity contribution in [2.24, 2.45) is 0 Å². The van der Waals surface area contributed by atoms with Crippen molar-refractivity contribution in [3.63, 3.8) is 0 Å². The summed E-state index contributed by atoms with van der Waals surface area (Å²) in [4.78, 5) is 16.0. The van der Waals surface area contributed by atoms with E-state index in [1.165, 1.54) is 0 Å². The maximum atomic E-state index is 11.7. The Balaban J connectivity index is 1.78. The van der Waals surface area contributed by atoms with Gasteiger partial charge in [-0.1, -0.05) is 41.9 Å². The topological polar surface area (TPSA) is 72.5 Å². The van der Waals surface area contributed by atoms with E-state index in [0.717, 1.165) is 18.7 Å². The Kier molecular flexibility index (Phi) is 5.13. The van der Waals surface area contributed by atoms with Crippen LogP contribution in [-0.2, 0) is 0 Å². The van der Waals surface area contributed by atoms with Crippen molar-refractivity contribution in [1.82, 2.24) is 15.1 Å². The van der Waals surface area contributed by atoms with Crippen LogP contribution in [0.25, 0.3) is 0 Å². The summed E-state index contributed by atoms with van der Waals surface area (Å²) in [5.74, 6) is 0. The second-order valence-corrected chi connectivity index (χ2v) is 7.27. The number of hydrogen-bond donors (Lipinski definition) is 2. The normalized spacial score (nSPS) is 17.5. The summed E-state index contributed by atoms with van der Waals surface area (Å²) in [6.45, 7) is 6.62. The number of aromatic amines is 1. The zero-order valence-corrected chi connectivity index (χ0v) is 15.2. The second-order valence-electron chi connectivity index (χ2n) is 6.89. The molecule has 0 saturated carbocycles. The largest absolute Gasteiger partial charge is 0.388 e. The summed E-state index contributed by atoms with van der Waals surface area (Å²) >= 11 is 6.11. The molecule has 7 heteroatoms. The Morgan fingerprint density at radius 3 is 2.44 bits per heavy atom. The summed E-state index contributed by atoms with van der Waals surface area (Å²) in [5, 5.41) is 17.1. The summed E-state index contributed by atoms with van der Waals surface area (Å²) in [6.07, 6.45) is 1.59. The lowest BCUT2D eigenvalue weighted by Crippen LogP contribution is -2.52. The first kappa shape index (κ1) is 17.9. The van der Waals surface area contributed by atoms with Gasteiger partial charge in [-0.25, -0.2) is 5.10 Å². The molecule has 1 fully saturated rings. The van der Waals surface area contributed by atoms with Crippen LogP contribution >= 0.6 is 11.6 Å². The first-order valence-corrected chi connectivity index (χ1v) is 8.75. The van der Waals surface area contributed by atoms with Gasteiger partial charge >= 0.3 is 0 Å². The number of benzene rings is 1. The quantitative estimate of drug-likeness (QED) is 0.871. The molecular formula is C18H23ClN4O2. The number of hydrogen-bond acceptors (Lipinski definition) is 5. The molecule has 1 aromatic heterocycles. The summed E-state index contributed by atoms with van der Waals surface area (Å²) in [5.41, 5.74) is 0.510. The van der Waals surface area contributed by atoms with Gasteiger partial charge in [0.05, 0.1) is 23.5 Å². The Morgan fingerprint density at radius 1 is 1.20 bits per heavy atom. The maximum Gasteiger partial charge on any atom is 0.285 e. The van der Waals surface area contributed by atoms with E-state index >= 15 is 0 Å². The van der Waals surface area contributed by atoms with Crippen LogP contribution in [0.5, 0.6) is 0 Å². The minimum Gasteiger partial charge on any atom is -0.388 e. The van der Waals surface area contributed by atoms with Gasteiger partial charge in [0.25, 0.3) is 5.56 Å². The molecule has 2 heterocycles. The number of nitrogens with zero attached hydrogens (tertiary/aromatic N) is 3. The number of aromatic nitrogens is 2. The highest BCUT2D eigenvalue weighted by Crippen LogP contribution is 2.33. The molecule has 0 amide bonds. The van der Waals surface area contributed by atoms with Crippen molar-refractivity contribution in [3.8, 4) is 0 Å². The molecule has 2 aromatic rings. The molecular weight excluding hydrogens is 340 g/mol. The number of rotatable bonds is 4. The fourth-order valence-corrected chi connectivity index (χ4v) is 3.73. The molecule has 1 saturated heterocycles. The molecule has 134 valence electrons. The third-order valence-corrected chi connectivity index (χ3v) is 4.95. The van der Waals surface area contributed by atoms with Crippen molar-refractivity contribution < 1.29 is 5.11 Å². The smallest absolute Gasteiger partial charge is 0.285 e. The SMILES string of the molecule is CC(C)(O)C(c1ccccc1)N1CCN(c2cn[nH]c(=O)c2Cl)CC1. The van der Waals surface area contributed by atoms with Crippen molar-refractivity contribution in [2.75, 3.05) is 31.1 Å². The van der Waals surface area contributed by atoms with Crippen LogP contribution < -0.4 is 10.5 Å². The highest BCUT2D eigenvalue weighted by Gasteiger charge is 2.35. The highest BCUT2D eigenvalue weighted by atomic mass is 35.5. The van der Waals surface area contributed by atoms with E-state index in [9.17, 15) is 9.90 Å². The van der Waals surface area contributed by atoms with Crippen molar-refractivity contribution >= 4 is 17.3 Å². The molecule has 0 spiro atoms. The van der Waals surface area contributed by atoms with Crippen LogP contribution in [0.15, 0.2) is 41.3 Å². The van der Waals surface area contributed by atoms with Gasteiger partial charge in [0.1, 0.15) is 5.02 Å². The first-order chi connectivity index (χ1) is 11.9. The molecule has 3 rings (SSSR count).